The van der Waals surface area contributed by atoms with E-state index in [-0.39, 0.29) is 0 Å². The molecule has 2 nitrogen and oxygen atoms in total. The summed E-state index contributed by atoms with van der Waals surface area (Å²) in [6.45, 7) is 0. The van der Waals surface area contributed by atoms with Gasteiger partial charge in [0.05, 0.1) is 11.0 Å². The molecule has 0 saturated carbocycles. The first-order chi connectivity index (χ1) is 11.8. The van der Waals surface area contributed by atoms with Crippen molar-refractivity contribution >= 4 is 32.6 Å². The van der Waals surface area contributed by atoms with Crippen molar-refractivity contribution in [2.24, 2.45) is 0 Å². The average Bonchev–Trinajstić information content (AvgIpc) is 2.95. The molecule has 1 N–H and O–H groups in total. The van der Waals surface area contributed by atoms with Crippen LogP contribution in [0.4, 0.5) is 0 Å². The van der Waals surface area contributed by atoms with Crippen LogP contribution in [0.25, 0.3) is 38.3 Å². The highest BCUT2D eigenvalue weighted by Gasteiger charge is 2.11. The van der Waals surface area contributed by atoms with Crippen molar-refractivity contribution in [2.45, 2.75) is 0 Å². The van der Waals surface area contributed by atoms with Gasteiger partial charge in [-0.3, -0.25) is 0 Å². The molecule has 0 fully saturated rings. The summed E-state index contributed by atoms with van der Waals surface area (Å²) in [6, 6.07) is 28.8. The van der Waals surface area contributed by atoms with E-state index in [9.17, 15) is 5.11 Å². The maximum atomic E-state index is 9.79. The molecule has 4 aromatic carbocycles. The lowest BCUT2D eigenvalue weighted by molar-refractivity contribution is 0.476. The van der Waals surface area contributed by atoms with E-state index in [0.717, 1.165) is 16.5 Å². The van der Waals surface area contributed by atoms with Crippen molar-refractivity contribution in [3.63, 3.8) is 0 Å². The fourth-order valence-electron chi connectivity index (χ4n) is 3.56. The zero-order valence-electron chi connectivity index (χ0n) is 13.0. The van der Waals surface area contributed by atoms with E-state index < -0.39 is 0 Å². The lowest BCUT2D eigenvalue weighted by Gasteiger charge is -2.09. The number of benzene rings is 4. The summed E-state index contributed by atoms with van der Waals surface area (Å²) in [5, 5.41) is 14.5. The van der Waals surface area contributed by atoms with Crippen LogP contribution in [-0.2, 0) is 0 Å². The minimum Gasteiger partial charge on any atom is -0.508 e. The van der Waals surface area contributed by atoms with Crippen LogP contribution in [-0.4, -0.2) is 9.67 Å². The molecule has 0 spiro atoms. The van der Waals surface area contributed by atoms with E-state index in [0.29, 0.717) is 5.75 Å². The first kappa shape index (κ1) is 13.2. The number of fused-ring (bicyclic) bond motifs is 4. The minimum atomic E-state index is 0.293. The Balaban J connectivity index is 1.91. The summed E-state index contributed by atoms with van der Waals surface area (Å²) in [7, 11) is 0. The number of rotatable bonds is 1. The summed E-state index contributed by atoms with van der Waals surface area (Å²) in [5.74, 6) is 0.293. The molecule has 0 saturated heterocycles. The standard InChI is InChI=1S/C22H15NO/c24-18-12-10-15-9-11-17(13-16(15)14-18)23-21-7-3-1-5-19(21)20-6-2-4-8-22(20)23/h1-14,24H. The lowest BCUT2D eigenvalue weighted by atomic mass is 10.1. The summed E-state index contributed by atoms with van der Waals surface area (Å²) in [5.41, 5.74) is 3.49. The second-order valence-electron chi connectivity index (χ2n) is 6.09. The van der Waals surface area contributed by atoms with E-state index in [2.05, 4.69) is 71.3 Å². The lowest BCUT2D eigenvalue weighted by Crippen LogP contribution is -1.93. The molecule has 0 aliphatic carbocycles. The molecular formula is C22H15NO. The largest absolute Gasteiger partial charge is 0.508 e. The van der Waals surface area contributed by atoms with Crippen LogP contribution in [0.5, 0.6) is 5.75 Å². The smallest absolute Gasteiger partial charge is 0.116 e. The van der Waals surface area contributed by atoms with Gasteiger partial charge in [-0.15, -0.1) is 0 Å². The van der Waals surface area contributed by atoms with Gasteiger partial charge >= 0.3 is 0 Å². The van der Waals surface area contributed by atoms with E-state index in [1.807, 2.05) is 12.1 Å². The fraction of sp³-hybridized carbons (Fsp3) is 0. The molecule has 1 aromatic heterocycles. The first-order valence-corrected chi connectivity index (χ1v) is 8.03. The Morgan fingerprint density at radius 1 is 0.583 bits per heavy atom. The quantitative estimate of drug-likeness (QED) is 0.426. The number of para-hydroxylation sites is 2. The predicted octanol–water partition coefficient (Wildman–Crippen LogP) is 5.64. The molecule has 0 unspecified atom stereocenters. The summed E-state index contributed by atoms with van der Waals surface area (Å²) in [6.07, 6.45) is 0. The van der Waals surface area contributed by atoms with Gasteiger partial charge in [0.1, 0.15) is 5.75 Å². The number of hydrogen-bond acceptors (Lipinski definition) is 1. The number of aromatic hydroxyl groups is 1. The zero-order valence-corrected chi connectivity index (χ0v) is 13.0. The predicted molar refractivity (Wildman–Crippen MR) is 100.0 cm³/mol. The highest BCUT2D eigenvalue weighted by molar-refractivity contribution is 6.09. The summed E-state index contributed by atoms with van der Waals surface area (Å²) >= 11 is 0. The van der Waals surface area contributed by atoms with Crippen molar-refractivity contribution in [3.05, 3.63) is 84.9 Å². The van der Waals surface area contributed by atoms with Gasteiger partial charge in [0, 0.05) is 16.5 Å². The maximum Gasteiger partial charge on any atom is 0.116 e. The molecular weight excluding hydrogens is 294 g/mol. The SMILES string of the molecule is Oc1ccc2ccc(-n3c4ccccc4c4ccccc43)cc2c1. The van der Waals surface area contributed by atoms with Crippen molar-refractivity contribution in [3.8, 4) is 11.4 Å². The van der Waals surface area contributed by atoms with Gasteiger partial charge in [-0.2, -0.15) is 0 Å². The molecule has 0 amide bonds. The number of hydrogen-bond donors (Lipinski definition) is 1. The second kappa shape index (κ2) is 4.87. The fourth-order valence-corrected chi connectivity index (χ4v) is 3.56. The third-order valence-electron chi connectivity index (χ3n) is 4.65. The molecule has 114 valence electrons. The number of phenols is 1. The average molecular weight is 309 g/mol. The number of phenolic OH excluding ortho intramolecular Hbond substituents is 1. The van der Waals surface area contributed by atoms with Gasteiger partial charge in [-0.05, 0) is 47.2 Å². The van der Waals surface area contributed by atoms with Crippen LogP contribution in [0.3, 0.4) is 0 Å². The van der Waals surface area contributed by atoms with Gasteiger partial charge in [-0.25, -0.2) is 0 Å². The Morgan fingerprint density at radius 2 is 1.21 bits per heavy atom. The van der Waals surface area contributed by atoms with Crippen LogP contribution in [0.2, 0.25) is 0 Å². The number of aromatic nitrogens is 1. The molecule has 0 aliphatic heterocycles. The Morgan fingerprint density at radius 3 is 1.92 bits per heavy atom. The summed E-state index contributed by atoms with van der Waals surface area (Å²) < 4.78 is 2.29. The number of nitrogens with zero attached hydrogens (tertiary/aromatic N) is 1. The van der Waals surface area contributed by atoms with Crippen molar-refractivity contribution in [2.75, 3.05) is 0 Å². The second-order valence-corrected chi connectivity index (χ2v) is 6.09. The highest BCUT2D eigenvalue weighted by Crippen LogP contribution is 2.33. The third kappa shape index (κ3) is 1.83. The van der Waals surface area contributed by atoms with Crippen LogP contribution < -0.4 is 0 Å². The van der Waals surface area contributed by atoms with Crippen molar-refractivity contribution in [1.82, 2.24) is 4.57 Å². The molecule has 0 bridgehead atoms. The molecule has 5 rings (SSSR count). The van der Waals surface area contributed by atoms with Crippen molar-refractivity contribution in [1.29, 1.82) is 0 Å². The minimum absolute atomic E-state index is 0.293. The van der Waals surface area contributed by atoms with Crippen molar-refractivity contribution < 1.29 is 5.11 Å². The Bertz CT molecular complexity index is 1160. The van der Waals surface area contributed by atoms with E-state index in [4.69, 9.17) is 0 Å². The first-order valence-electron chi connectivity index (χ1n) is 8.03. The molecule has 0 atom stereocenters. The maximum absolute atomic E-state index is 9.79. The Hall–Kier alpha value is -3.26. The monoisotopic (exact) mass is 309 g/mol. The molecule has 24 heavy (non-hydrogen) atoms. The van der Waals surface area contributed by atoms with Gasteiger partial charge in [0.15, 0.2) is 0 Å². The van der Waals surface area contributed by atoms with Crippen LogP contribution in [0, 0.1) is 0 Å². The van der Waals surface area contributed by atoms with E-state index >= 15 is 0 Å². The highest BCUT2D eigenvalue weighted by atomic mass is 16.3. The topological polar surface area (TPSA) is 25.2 Å². The van der Waals surface area contributed by atoms with Crippen LogP contribution >= 0.6 is 0 Å². The molecule has 2 heteroatoms. The Labute approximate surface area is 139 Å². The molecule has 0 aliphatic rings. The normalized spacial score (nSPS) is 11.5. The molecule has 1 heterocycles. The zero-order chi connectivity index (χ0) is 16.1. The van der Waals surface area contributed by atoms with Gasteiger partial charge < -0.3 is 9.67 Å². The molecule has 0 radical (unpaired) electrons. The Kier molecular flexibility index (Phi) is 2.68. The van der Waals surface area contributed by atoms with E-state index in [1.54, 1.807) is 6.07 Å². The van der Waals surface area contributed by atoms with Crippen LogP contribution in [0.15, 0.2) is 84.9 Å². The third-order valence-corrected chi connectivity index (χ3v) is 4.65. The summed E-state index contributed by atoms with van der Waals surface area (Å²) in [4.78, 5) is 0. The van der Waals surface area contributed by atoms with Gasteiger partial charge in [-0.1, -0.05) is 48.5 Å². The van der Waals surface area contributed by atoms with E-state index in [1.165, 1.54) is 21.8 Å². The van der Waals surface area contributed by atoms with Gasteiger partial charge in [0.25, 0.3) is 0 Å². The molecule has 5 aromatic rings. The van der Waals surface area contributed by atoms with Gasteiger partial charge in [0.2, 0.25) is 0 Å². The van der Waals surface area contributed by atoms with Crippen LogP contribution in [0.1, 0.15) is 0 Å².